The molecule has 0 saturated carbocycles. The molecule has 0 radical (unpaired) electrons. The summed E-state index contributed by atoms with van der Waals surface area (Å²) in [7, 11) is -0.0857. The quantitative estimate of drug-likeness (QED) is 0.624. The highest BCUT2D eigenvalue weighted by atomic mass is 31.2. The third kappa shape index (κ3) is 6.18. The molecule has 0 bridgehead atoms. The molecule has 6 heteroatoms. The van der Waals surface area contributed by atoms with Crippen LogP contribution < -0.4 is 5.32 Å². The van der Waals surface area contributed by atoms with Crippen molar-refractivity contribution in [1.29, 1.82) is 0 Å². The summed E-state index contributed by atoms with van der Waals surface area (Å²) in [6.45, 7) is 3.34. The van der Waals surface area contributed by atoms with Gasteiger partial charge in [-0.3, -0.25) is 4.57 Å². The van der Waals surface area contributed by atoms with Crippen molar-refractivity contribution in [3.05, 3.63) is 0 Å². The third-order valence-corrected chi connectivity index (χ3v) is 2.37. The van der Waals surface area contributed by atoms with Crippen LogP contribution in [0.25, 0.3) is 0 Å². The Morgan fingerprint density at radius 3 is 2.46 bits per heavy atom. The van der Waals surface area contributed by atoms with E-state index in [0.29, 0.717) is 6.61 Å². The van der Waals surface area contributed by atoms with E-state index < -0.39 is 7.60 Å². The van der Waals surface area contributed by atoms with Gasteiger partial charge in [-0.05, 0) is 14.0 Å². The number of methoxy groups -OCH3 is 1. The third-order valence-electron chi connectivity index (χ3n) is 1.65. The average molecular weight is 211 g/mol. The van der Waals surface area contributed by atoms with E-state index in [4.69, 9.17) is 14.2 Å². The van der Waals surface area contributed by atoms with Gasteiger partial charge in [0.25, 0.3) is 0 Å². The van der Waals surface area contributed by atoms with E-state index in [0.717, 1.165) is 0 Å². The summed E-state index contributed by atoms with van der Waals surface area (Å²) in [4.78, 5) is 8.97. The summed E-state index contributed by atoms with van der Waals surface area (Å²) in [5.74, 6) is 0. The zero-order chi connectivity index (χ0) is 10.5. The molecule has 0 saturated heterocycles. The molecule has 0 aliphatic heterocycles. The lowest BCUT2D eigenvalue weighted by Crippen LogP contribution is -2.40. The summed E-state index contributed by atoms with van der Waals surface area (Å²) in [5, 5.41) is 2.94. The van der Waals surface area contributed by atoms with E-state index in [1.54, 1.807) is 21.1 Å². The second kappa shape index (κ2) is 5.73. The molecule has 13 heavy (non-hydrogen) atoms. The Balaban J connectivity index is 4.05. The summed E-state index contributed by atoms with van der Waals surface area (Å²) >= 11 is 0. The molecule has 0 aliphatic carbocycles. The normalized spacial score (nSPS) is 20.7. The van der Waals surface area contributed by atoms with Crippen molar-refractivity contribution in [3.63, 3.8) is 0 Å². The van der Waals surface area contributed by atoms with Gasteiger partial charge in [0.15, 0.2) is 0 Å². The van der Waals surface area contributed by atoms with Crippen LogP contribution in [0.5, 0.6) is 0 Å². The lowest BCUT2D eigenvalue weighted by Gasteiger charge is -2.23. The SMILES string of the molecule is CNC(COC)C(C)OP(C)(=O)O. The van der Waals surface area contributed by atoms with Crippen LogP contribution in [-0.2, 0) is 13.8 Å². The topological polar surface area (TPSA) is 67.8 Å². The minimum absolute atomic E-state index is 0.0783. The van der Waals surface area contributed by atoms with E-state index >= 15 is 0 Å². The molecule has 0 heterocycles. The van der Waals surface area contributed by atoms with Crippen LogP contribution in [0.15, 0.2) is 0 Å². The predicted molar refractivity (Wildman–Crippen MR) is 51.0 cm³/mol. The average Bonchev–Trinajstić information content (AvgIpc) is 1.96. The molecular formula is C7H18NO4P. The van der Waals surface area contributed by atoms with Crippen LogP contribution in [0.1, 0.15) is 6.92 Å². The van der Waals surface area contributed by atoms with Crippen LogP contribution >= 0.6 is 7.60 Å². The number of nitrogens with one attached hydrogen (secondary N) is 1. The maximum absolute atomic E-state index is 10.9. The lowest BCUT2D eigenvalue weighted by molar-refractivity contribution is 0.0917. The van der Waals surface area contributed by atoms with E-state index in [1.807, 2.05) is 0 Å². The van der Waals surface area contributed by atoms with Crippen LogP contribution in [-0.4, -0.2) is 44.5 Å². The summed E-state index contributed by atoms with van der Waals surface area (Å²) in [6.07, 6.45) is -0.356. The summed E-state index contributed by atoms with van der Waals surface area (Å²) < 4.78 is 20.7. The van der Waals surface area contributed by atoms with Gasteiger partial charge in [0.1, 0.15) is 0 Å². The zero-order valence-corrected chi connectivity index (χ0v) is 9.38. The van der Waals surface area contributed by atoms with Crippen molar-refractivity contribution >= 4 is 7.60 Å². The fourth-order valence-electron chi connectivity index (χ4n) is 1.02. The first-order chi connectivity index (χ1) is 5.90. The van der Waals surface area contributed by atoms with Gasteiger partial charge in [0.2, 0.25) is 0 Å². The van der Waals surface area contributed by atoms with E-state index in [1.165, 1.54) is 6.66 Å². The molecule has 0 aromatic heterocycles. The Morgan fingerprint density at radius 2 is 2.15 bits per heavy atom. The molecule has 0 rings (SSSR count). The Kier molecular flexibility index (Phi) is 5.76. The first kappa shape index (κ1) is 13.1. The molecule has 0 amide bonds. The standard InChI is InChI=1S/C7H18NO4P/c1-6(12-13(4,9)10)7(8-2)5-11-3/h6-8H,5H2,1-4H3,(H,9,10). The van der Waals surface area contributed by atoms with Gasteiger partial charge >= 0.3 is 7.60 Å². The van der Waals surface area contributed by atoms with Crippen molar-refractivity contribution in [1.82, 2.24) is 5.32 Å². The van der Waals surface area contributed by atoms with Gasteiger partial charge < -0.3 is 19.5 Å². The van der Waals surface area contributed by atoms with Gasteiger partial charge in [-0.25, -0.2) is 0 Å². The molecule has 3 unspecified atom stereocenters. The van der Waals surface area contributed by atoms with Crippen LogP contribution in [0.4, 0.5) is 0 Å². The molecular weight excluding hydrogens is 193 g/mol. The molecule has 5 nitrogen and oxygen atoms in total. The maximum Gasteiger partial charge on any atom is 0.325 e. The van der Waals surface area contributed by atoms with Crippen LogP contribution in [0.2, 0.25) is 0 Å². The highest BCUT2D eigenvalue weighted by Crippen LogP contribution is 2.38. The Labute approximate surface area is 79.0 Å². The Bertz CT molecular complexity index is 181. The predicted octanol–water partition coefficient (Wildman–Crippen LogP) is 0.441. The molecule has 3 atom stereocenters. The Hall–Kier alpha value is 0.0700. The first-order valence-corrected chi connectivity index (χ1v) is 6.08. The van der Waals surface area contributed by atoms with Crippen molar-refractivity contribution in [2.75, 3.05) is 27.4 Å². The van der Waals surface area contributed by atoms with Crippen molar-refractivity contribution < 1.29 is 18.7 Å². The fourth-order valence-corrected chi connectivity index (χ4v) is 1.78. The van der Waals surface area contributed by atoms with Gasteiger partial charge in [-0.1, -0.05) is 0 Å². The van der Waals surface area contributed by atoms with Crippen LogP contribution in [0.3, 0.4) is 0 Å². The van der Waals surface area contributed by atoms with Crippen molar-refractivity contribution in [2.24, 2.45) is 0 Å². The molecule has 0 spiro atoms. The van der Waals surface area contributed by atoms with Gasteiger partial charge in [-0.2, -0.15) is 0 Å². The zero-order valence-electron chi connectivity index (χ0n) is 8.48. The lowest BCUT2D eigenvalue weighted by atomic mass is 10.2. The van der Waals surface area contributed by atoms with E-state index in [9.17, 15) is 4.57 Å². The van der Waals surface area contributed by atoms with Crippen LogP contribution in [0, 0.1) is 0 Å². The second-order valence-electron chi connectivity index (χ2n) is 2.96. The van der Waals surface area contributed by atoms with Gasteiger partial charge in [-0.15, -0.1) is 0 Å². The summed E-state index contributed by atoms with van der Waals surface area (Å²) in [5.41, 5.74) is 0. The highest BCUT2D eigenvalue weighted by molar-refractivity contribution is 7.51. The number of ether oxygens (including phenoxy) is 1. The number of likely N-dealkylation sites (N-methyl/N-ethyl adjacent to an activating group) is 1. The Morgan fingerprint density at radius 1 is 1.62 bits per heavy atom. The van der Waals surface area contributed by atoms with Gasteiger partial charge in [0.05, 0.1) is 18.8 Å². The van der Waals surface area contributed by atoms with Crippen molar-refractivity contribution in [2.45, 2.75) is 19.1 Å². The van der Waals surface area contributed by atoms with Gasteiger partial charge in [0, 0.05) is 13.8 Å². The number of hydrogen-bond donors (Lipinski definition) is 2. The number of rotatable bonds is 6. The molecule has 2 N–H and O–H groups in total. The molecule has 0 fully saturated rings. The number of hydrogen-bond acceptors (Lipinski definition) is 4. The smallest absolute Gasteiger partial charge is 0.325 e. The van der Waals surface area contributed by atoms with E-state index in [2.05, 4.69) is 5.32 Å². The monoisotopic (exact) mass is 211 g/mol. The fraction of sp³-hybridized carbons (Fsp3) is 1.00. The first-order valence-electron chi connectivity index (χ1n) is 4.05. The maximum atomic E-state index is 10.9. The largest absolute Gasteiger partial charge is 0.383 e. The van der Waals surface area contributed by atoms with E-state index in [-0.39, 0.29) is 12.1 Å². The minimum Gasteiger partial charge on any atom is -0.383 e. The highest BCUT2D eigenvalue weighted by Gasteiger charge is 2.22. The molecule has 0 aliphatic rings. The molecule has 0 aromatic carbocycles. The second-order valence-corrected chi connectivity index (χ2v) is 4.78. The van der Waals surface area contributed by atoms with Crippen molar-refractivity contribution in [3.8, 4) is 0 Å². The minimum atomic E-state index is -3.41. The molecule has 80 valence electrons. The molecule has 0 aromatic rings. The summed E-state index contributed by atoms with van der Waals surface area (Å²) in [6, 6.07) is -0.0783.